The van der Waals surface area contributed by atoms with Crippen molar-refractivity contribution in [1.29, 1.82) is 0 Å². The average Bonchev–Trinajstić information content (AvgIpc) is 2.81. The van der Waals surface area contributed by atoms with E-state index >= 15 is 0 Å². The van der Waals surface area contributed by atoms with Gasteiger partial charge in [-0.05, 0) is 18.4 Å². The first-order valence-corrected chi connectivity index (χ1v) is 12.3. The minimum atomic E-state index is -2.57. The van der Waals surface area contributed by atoms with E-state index in [0.717, 1.165) is 51.4 Å². The van der Waals surface area contributed by atoms with E-state index in [1.165, 1.54) is 0 Å². The van der Waals surface area contributed by atoms with Crippen molar-refractivity contribution in [2.75, 3.05) is 39.6 Å². The molecule has 0 bridgehead atoms. The molecule has 0 fully saturated rings. The molecule has 0 saturated carbocycles. The van der Waals surface area contributed by atoms with E-state index in [0.29, 0.717) is 13.2 Å². The van der Waals surface area contributed by atoms with Gasteiger partial charge in [-0.25, -0.2) is 0 Å². The Morgan fingerprint density at radius 1 is 0.657 bits per heavy atom. The Morgan fingerprint density at radius 3 is 1.43 bits per heavy atom. The molecule has 0 rings (SSSR count). The van der Waals surface area contributed by atoms with E-state index in [9.17, 15) is 29.4 Å². The molecule has 0 saturated heterocycles. The largest absolute Gasteiger partial charge is 0.549 e. The monoisotopic (exact) mass is 500 g/mol. The van der Waals surface area contributed by atoms with E-state index in [4.69, 9.17) is 18.9 Å². The Morgan fingerprint density at radius 2 is 1.09 bits per heavy atom. The molecule has 0 aliphatic rings. The van der Waals surface area contributed by atoms with Crippen LogP contribution in [0.3, 0.4) is 0 Å². The summed E-state index contributed by atoms with van der Waals surface area (Å²) in [6.07, 6.45) is 6.20. The summed E-state index contributed by atoms with van der Waals surface area (Å²) >= 11 is 0. The van der Waals surface area contributed by atoms with Crippen LogP contribution in [0.5, 0.6) is 0 Å². The maximum Gasteiger partial charge on any atom is 0.307 e. The molecular formula is C25H40O10-2. The Kier molecular flexibility index (Phi) is 18.4. The Labute approximate surface area is 207 Å². The fraction of sp³-hybridized carbons (Fsp3) is 0.760. The minimum Gasteiger partial charge on any atom is -0.549 e. The topological polar surface area (TPSA) is 151 Å². The molecule has 0 unspecified atom stereocenters. The summed E-state index contributed by atoms with van der Waals surface area (Å²) in [5, 5.41) is 23.3. The molecule has 0 amide bonds. The lowest BCUT2D eigenvalue weighted by atomic mass is 9.75. The van der Waals surface area contributed by atoms with Crippen LogP contribution in [0.4, 0.5) is 0 Å². The Bertz CT molecular complexity index is 625. The Balaban J connectivity index is 4.75. The zero-order chi connectivity index (χ0) is 26.5. The van der Waals surface area contributed by atoms with Gasteiger partial charge in [0.15, 0.2) is 0 Å². The van der Waals surface area contributed by atoms with Crippen molar-refractivity contribution in [1.82, 2.24) is 0 Å². The van der Waals surface area contributed by atoms with Crippen molar-refractivity contribution in [3.8, 4) is 0 Å². The van der Waals surface area contributed by atoms with Gasteiger partial charge in [-0.15, -0.1) is 0 Å². The van der Waals surface area contributed by atoms with E-state index in [1.54, 1.807) is 0 Å². The van der Waals surface area contributed by atoms with Crippen LogP contribution in [0.15, 0.2) is 12.2 Å². The van der Waals surface area contributed by atoms with Gasteiger partial charge < -0.3 is 38.7 Å². The molecular weight excluding hydrogens is 460 g/mol. The first kappa shape index (κ1) is 32.5. The lowest BCUT2D eigenvalue weighted by molar-refractivity contribution is -0.322. The van der Waals surface area contributed by atoms with Gasteiger partial charge in [0.25, 0.3) is 0 Å². The fourth-order valence-electron chi connectivity index (χ4n) is 3.23. The van der Waals surface area contributed by atoms with Gasteiger partial charge in [0.1, 0.15) is 13.2 Å². The van der Waals surface area contributed by atoms with Crippen LogP contribution >= 0.6 is 0 Å². The number of carboxylic acid groups (broad SMARTS) is 2. The summed E-state index contributed by atoms with van der Waals surface area (Å²) in [5.41, 5.74) is -3.56. The van der Waals surface area contributed by atoms with Crippen molar-refractivity contribution < 1.29 is 48.3 Å². The molecule has 0 atom stereocenters. The van der Waals surface area contributed by atoms with Crippen molar-refractivity contribution in [3.05, 3.63) is 12.2 Å². The second-order valence-corrected chi connectivity index (χ2v) is 8.28. The maximum atomic E-state index is 12.3. The minimum absolute atomic E-state index is 0.0953. The van der Waals surface area contributed by atoms with Crippen LogP contribution in [-0.4, -0.2) is 63.5 Å². The summed E-state index contributed by atoms with van der Waals surface area (Å²) in [7, 11) is 0. The number of hydrogen-bond acceptors (Lipinski definition) is 10. The number of esters is 2. The summed E-state index contributed by atoms with van der Waals surface area (Å²) in [6, 6.07) is 0. The maximum absolute atomic E-state index is 12.3. The summed E-state index contributed by atoms with van der Waals surface area (Å²) in [5.74, 6) is -6.00. The van der Waals surface area contributed by atoms with Crippen LogP contribution < -0.4 is 10.2 Å². The third-order valence-corrected chi connectivity index (χ3v) is 5.37. The molecule has 10 heteroatoms. The molecule has 0 aromatic carbocycles. The molecule has 0 heterocycles. The van der Waals surface area contributed by atoms with Crippen LogP contribution in [0.2, 0.25) is 0 Å². The summed E-state index contributed by atoms with van der Waals surface area (Å²) < 4.78 is 20.6. The predicted molar refractivity (Wildman–Crippen MR) is 123 cm³/mol. The van der Waals surface area contributed by atoms with Crippen molar-refractivity contribution in [2.45, 2.75) is 78.1 Å². The van der Waals surface area contributed by atoms with E-state index in [2.05, 4.69) is 20.4 Å². The highest BCUT2D eigenvalue weighted by Gasteiger charge is 2.41. The lowest BCUT2D eigenvalue weighted by Crippen LogP contribution is -2.50. The second kappa shape index (κ2) is 19.8. The summed E-state index contributed by atoms with van der Waals surface area (Å²) in [4.78, 5) is 47.8. The molecule has 0 N–H and O–H groups in total. The molecule has 0 radical (unpaired) electrons. The Hall–Kier alpha value is -2.46. The van der Waals surface area contributed by atoms with Gasteiger partial charge in [-0.2, -0.15) is 0 Å². The number of aliphatic carboxylic acids is 2. The fourth-order valence-corrected chi connectivity index (χ4v) is 3.23. The van der Waals surface area contributed by atoms with Crippen LogP contribution in [0, 0.1) is 5.41 Å². The van der Waals surface area contributed by atoms with Gasteiger partial charge >= 0.3 is 11.9 Å². The van der Waals surface area contributed by atoms with Crippen molar-refractivity contribution in [3.63, 3.8) is 0 Å². The SMILES string of the molecule is C=C(C(=O)[O-])C(CC(=O)OCCOCCCCCC)(CC(=O)OCCOCCCCCC)C(=O)[O-]. The third kappa shape index (κ3) is 14.5. The lowest BCUT2D eigenvalue weighted by Gasteiger charge is -2.35. The number of carboxylic acids is 2. The molecule has 35 heavy (non-hydrogen) atoms. The highest BCUT2D eigenvalue weighted by Crippen LogP contribution is 2.35. The quantitative estimate of drug-likeness (QED) is 0.113. The first-order chi connectivity index (χ1) is 16.7. The molecule has 0 aromatic rings. The van der Waals surface area contributed by atoms with Gasteiger partial charge in [-0.3, -0.25) is 9.59 Å². The number of hydrogen-bond donors (Lipinski definition) is 0. The average molecular weight is 501 g/mol. The first-order valence-electron chi connectivity index (χ1n) is 12.3. The number of carbonyl (C=O) groups is 4. The highest BCUT2D eigenvalue weighted by molar-refractivity contribution is 5.99. The standard InChI is InChI=1S/C25H42O10/c1-4-6-8-10-12-32-14-16-34-21(26)18-25(24(30)31,20(3)23(28)29)19-22(27)35-17-15-33-13-11-9-7-5-2/h3-19H2,1-2H3,(H,28,29)(H,30,31)/p-2. The van der Waals surface area contributed by atoms with Gasteiger partial charge in [0.2, 0.25) is 0 Å². The molecule has 0 spiro atoms. The number of rotatable bonds is 23. The third-order valence-electron chi connectivity index (χ3n) is 5.37. The summed E-state index contributed by atoms with van der Waals surface area (Å²) in [6.45, 7) is 8.24. The van der Waals surface area contributed by atoms with Crippen LogP contribution in [0.25, 0.3) is 0 Å². The predicted octanol–water partition coefficient (Wildman–Crippen LogP) is 1.09. The highest BCUT2D eigenvalue weighted by atomic mass is 16.6. The van der Waals surface area contributed by atoms with E-state index < -0.39 is 47.7 Å². The molecule has 0 aromatic heterocycles. The zero-order valence-corrected chi connectivity index (χ0v) is 21.1. The van der Waals surface area contributed by atoms with Gasteiger partial charge in [-0.1, -0.05) is 59.0 Å². The number of ether oxygens (including phenoxy) is 4. The van der Waals surface area contributed by atoms with Crippen molar-refractivity contribution in [2.24, 2.45) is 5.41 Å². The van der Waals surface area contributed by atoms with Crippen LogP contribution in [-0.2, 0) is 38.1 Å². The zero-order valence-electron chi connectivity index (χ0n) is 21.1. The number of carbonyl (C=O) groups excluding carboxylic acids is 4. The normalized spacial score (nSPS) is 11.1. The molecule has 0 aliphatic carbocycles. The second-order valence-electron chi connectivity index (χ2n) is 8.28. The van der Waals surface area contributed by atoms with Crippen LogP contribution in [0.1, 0.15) is 78.1 Å². The van der Waals surface area contributed by atoms with E-state index in [1.807, 2.05) is 0 Å². The van der Waals surface area contributed by atoms with E-state index in [-0.39, 0.29) is 26.4 Å². The molecule has 10 nitrogen and oxygen atoms in total. The number of unbranched alkanes of at least 4 members (excludes halogenated alkanes) is 6. The van der Waals surface area contributed by atoms with Gasteiger partial charge in [0, 0.05) is 13.2 Å². The molecule has 202 valence electrons. The van der Waals surface area contributed by atoms with Crippen molar-refractivity contribution >= 4 is 23.9 Å². The van der Waals surface area contributed by atoms with Gasteiger partial charge in [0.05, 0.1) is 43.4 Å². The molecule has 0 aliphatic heterocycles. The smallest absolute Gasteiger partial charge is 0.307 e.